The van der Waals surface area contributed by atoms with E-state index in [1.807, 2.05) is 49.4 Å². The summed E-state index contributed by atoms with van der Waals surface area (Å²) >= 11 is 0. The maximum Gasteiger partial charge on any atom is 0.242 e. The summed E-state index contributed by atoms with van der Waals surface area (Å²) in [5.41, 5.74) is 10.5. The van der Waals surface area contributed by atoms with Crippen molar-refractivity contribution in [3.63, 3.8) is 0 Å². The molecule has 11 nitrogen and oxygen atoms in total. The van der Waals surface area contributed by atoms with Crippen LogP contribution in [-0.2, 0) is 25.8 Å². The van der Waals surface area contributed by atoms with Gasteiger partial charge in [0.25, 0.3) is 0 Å². The third-order valence-corrected chi connectivity index (χ3v) is 8.71. The van der Waals surface area contributed by atoms with E-state index < -0.39 is 15.9 Å². The number of rotatable bonds is 9. The van der Waals surface area contributed by atoms with E-state index in [1.54, 1.807) is 24.3 Å². The van der Waals surface area contributed by atoms with Crippen LogP contribution < -0.4 is 11.1 Å². The highest BCUT2D eigenvalue weighted by Crippen LogP contribution is 2.31. The van der Waals surface area contributed by atoms with Gasteiger partial charge in [-0.05, 0) is 25.3 Å². The minimum absolute atomic E-state index is 0.00801. The molecule has 3 aromatic heterocycles. The van der Waals surface area contributed by atoms with Gasteiger partial charge < -0.3 is 20.7 Å². The third kappa shape index (κ3) is 5.95. The zero-order valence-corrected chi connectivity index (χ0v) is 24.3. The fourth-order valence-corrected chi connectivity index (χ4v) is 6.33. The standard InChI is InChI=1S/C29H35N7O4S/c1-4-21(35(2)29(37)25-18-40-15-14-31-25)11-13-24-26(41(3,38)39)27(30)36-28(34-24)22(17-33-36)20-10-12-23(32-16-20)19-8-6-5-7-9-19/h5-10,12,16-17,21,25,31H,4,11,13-15,18,30H2,1-3H3/t21-,25-/m1/s1. The number of aryl methyl sites for hydroxylation is 1. The number of nitrogens with zero attached hydrogens (tertiary/aromatic N) is 5. The average molecular weight is 578 g/mol. The number of ether oxygens (including phenoxy) is 1. The first-order valence-electron chi connectivity index (χ1n) is 13.6. The molecule has 3 N–H and O–H groups in total. The molecule has 12 heteroatoms. The average Bonchev–Trinajstić information content (AvgIpc) is 3.41. The third-order valence-electron chi connectivity index (χ3n) is 7.52. The zero-order valence-electron chi connectivity index (χ0n) is 23.4. The Balaban J connectivity index is 1.46. The lowest BCUT2D eigenvalue weighted by Crippen LogP contribution is -2.53. The largest absolute Gasteiger partial charge is 0.382 e. The van der Waals surface area contributed by atoms with Crippen LogP contribution in [0.3, 0.4) is 0 Å². The Hall–Kier alpha value is -3.87. The lowest BCUT2D eigenvalue weighted by atomic mass is 10.0. The van der Waals surface area contributed by atoms with Crippen molar-refractivity contribution in [2.24, 2.45) is 0 Å². The van der Waals surface area contributed by atoms with Crippen LogP contribution in [0.25, 0.3) is 28.0 Å². The van der Waals surface area contributed by atoms with Crippen LogP contribution in [0.4, 0.5) is 5.82 Å². The van der Waals surface area contributed by atoms with Crippen molar-refractivity contribution in [3.8, 4) is 22.4 Å². The first-order chi connectivity index (χ1) is 19.7. The number of sulfone groups is 1. The molecule has 1 aliphatic rings. The van der Waals surface area contributed by atoms with Crippen LogP contribution in [0.1, 0.15) is 25.5 Å². The lowest BCUT2D eigenvalue weighted by Gasteiger charge is -2.32. The summed E-state index contributed by atoms with van der Waals surface area (Å²) in [4.78, 5) is 24.2. The quantitative estimate of drug-likeness (QED) is 0.307. The van der Waals surface area contributed by atoms with Crippen LogP contribution in [0.2, 0.25) is 0 Å². The minimum Gasteiger partial charge on any atom is -0.382 e. The molecular weight excluding hydrogens is 542 g/mol. The lowest BCUT2D eigenvalue weighted by molar-refractivity contribution is -0.137. The molecule has 0 spiro atoms. The Labute approximate surface area is 239 Å². The van der Waals surface area contributed by atoms with Crippen molar-refractivity contribution < 1.29 is 17.9 Å². The molecule has 4 aromatic rings. The number of anilines is 1. The van der Waals surface area contributed by atoms with Crippen LogP contribution in [-0.4, -0.2) is 84.0 Å². The Morgan fingerprint density at radius 3 is 2.61 bits per heavy atom. The van der Waals surface area contributed by atoms with Crippen LogP contribution in [0, 0.1) is 0 Å². The molecule has 1 saturated heterocycles. The molecule has 0 aliphatic carbocycles. The second-order valence-corrected chi connectivity index (χ2v) is 12.2. The van der Waals surface area contributed by atoms with Gasteiger partial charge in [-0.15, -0.1) is 0 Å². The number of nitrogens with one attached hydrogen (secondary N) is 1. The van der Waals surface area contributed by atoms with Crippen molar-refractivity contribution in [2.75, 3.05) is 38.8 Å². The van der Waals surface area contributed by atoms with Gasteiger partial charge in [0.15, 0.2) is 15.5 Å². The van der Waals surface area contributed by atoms with E-state index in [1.165, 1.54) is 4.52 Å². The molecule has 4 heterocycles. The molecule has 0 bridgehead atoms. The van der Waals surface area contributed by atoms with E-state index in [9.17, 15) is 13.2 Å². The second-order valence-electron chi connectivity index (χ2n) is 10.3. The predicted molar refractivity (Wildman–Crippen MR) is 157 cm³/mol. The Kier molecular flexibility index (Phi) is 8.34. The summed E-state index contributed by atoms with van der Waals surface area (Å²) in [6, 6.07) is 13.2. The number of likely N-dealkylation sites (N-methyl/N-ethyl adjacent to an activating group) is 1. The number of benzene rings is 1. The first-order valence-corrected chi connectivity index (χ1v) is 15.5. The maximum absolute atomic E-state index is 13.1. The molecule has 0 saturated carbocycles. The Bertz CT molecular complexity index is 1630. The fraction of sp³-hybridized carbons (Fsp3) is 0.379. The minimum atomic E-state index is -3.72. The molecule has 1 aliphatic heterocycles. The van der Waals surface area contributed by atoms with E-state index in [0.29, 0.717) is 55.9 Å². The Morgan fingerprint density at radius 1 is 1.20 bits per heavy atom. The maximum atomic E-state index is 13.1. The number of hydrogen-bond donors (Lipinski definition) is 2. The monoisotopic (exact) mass is 577 g/mol. The van der Waals surface area contributed by atoms with Crippen molar-refractivity contribution in [1.82, 2.24) is 29.8 Å². The molecule has 1 amide bonds. The fourth-order valence-electron chi connectivity index (χ4n) is 5.28. The van der Waals surface area contributed by atoms with Gasteiger partial charge in [-0.2, -0.15) is 9.61 Å². The summed E-state index contributed by atoms with van der Waals surface area (Å²) in [5.74, 6) is -0.0408. The topological polar surface area (TPSA) is 145 Å². The van der Waals surface area contributed by atoms with E-state index in [-0.39, 0.29) is 22.7 Å². The molecule has 41 heavy (non-hydrogen) atoms. The predicted octanol–water partition coefficient (Wildman–Crippen LogP) is 2.60. The van der Waals surface area contributed by atoms with E-state index in [0.717, 1.165) is 23.1 Å². The molecule has 1 fully saturated rings. The number of fused-ring (bicyclic) bond motifs is 1. The highest BCUT2D eigenvalue weighted by atomic mass is 32.2. The molecule has 5 rings (SSSR count). The SMILES string of the molecule is CC[C@H](CCc1nc2c(-c3ccc(-c4ccccc4)nc3)cnn2c(N)c1S(C)(=O)=O)N(C)C(=O)[C@H]1COCCN1. The number of aromatic nitrogens is 4. The summed E-state index contributed by atoms with van der Waals surface area (Å²) < 4.78 is 32.6. The van der Waals surface area contributed by atoms with E-state index >= 15 is 0 Å². The normalized spacial score (nSPS) is 16.5. The van der Waals surface area contributed by atoms with Crippen molar-refractivity contribution >= 4 is 27.2 Å². The number of carbonyl (C=O) groups is 1. The van der Waals surface area contributed by atoms with Crippen LogP contribution in [0.5, 0.6) is 0 Å². The van der Waals surface area contributed by atoms with Gasteiger partial charge in [0.1, 0.15) is 16.8 Å². The highest BCUT2D eigenvalue weighted by molar-refractivity contribution is 7.91. The van der Waals surface area contributed by atoms with Gasteiger partial charge in [0.2, 0.25) is 5.91 Å². The number of carbonyl (C=O) groups excluding carboxylic acids is 1. The molecular formula is C29H35N7O4S. The number of pyridine rings is 1. The molecule has 0 radical (unpaired) electrons. The second kappa shape index (κ2) is 11.9. The Morgan fingerprint density at radius 2 is 1.98 bits per heavy atom. The summed E-state index contributed by atoms with van der Waals surface area (Å²) in [6.45, 7) is 3.54. The van der Waals surface area contributed by atoms with Crippen molar-refractivity contribution in [3.05, 3.63) is 60.6 Å². The van der Waals surface area contributed by atoms with Gasteiger partial charge in [-0.25, -0.2) is 13.4 Å². The smallest absolute Gasteiger partial charge is 0.242 e. The van der Waals surface area contributed by atoms with Gasteiger partial charge in [0.05, 0.1) is 30.8 Å². The number of morpholine rings is 1. The summed E-state index contributed by atoms with van der Waals surface area (Å²) in [5, 5.41) is 7.57. The van der Waals surface area contributed by atoms with Gasteiger partial charge in [0, 0.05) is 48.8 Å². The summed E-state index contributed by atoms with van der Waals surface area (Å²) in [7, 11) is -1.95. The number of hydrogen-bond acceptors (Lipinski definition) is 9. The molecule has 2 atom stereocenters. The van der Waals surface area contributed by atoms with Gasteiger partial charge in [-0.1, -0.05) is 43.3 Å². The number of amides is 1. The van der Waals surface area contributed by atoms with Gasteiger partial charge >= 0.3 is 0 Å². The molecule has 216 valence electrons. The van der Waals surface area contributed by atoms with E-state index in [4.69, 9.17) is 15.5 Å². The number of nitrogen functional groups attached to an aromatic ring is 1. The van der Waals surface area contributed by atoms with Crippen LogP contribution in [0.15, 0.2) is 59.8 Å². The first kappa shape index (κ1) is 28.7. The number of nitrogens with two attached hydrogens (primary N) is 1. The molecule has 1 aromatic carbocycles. The van der Waals surface area contributed by atoms with E-state index in [2.05, 4.69) is 15.4 Å². The zero-order chi connectivity index (χ0) is 29.1. The van der Waals surface area contributed by atoms with Gasteiger partial charge in [-0.3, -0.25) is 9.78 Å². The highest BCUT2D eigenvalue weighted by Gasteiger charge is 2.29. The van der Waals surface area contributed by atoms with Crippen molar-refractivity contribution in [2.45, 2.75) is 43.2 Å². The van der Waals surface area contributed by atoms with Crippen molar-refractivity contribution in [1.29, 1.82) is 0 Å². The molecule has 0 unspecified atom stereocenters. The van der Waals surface area contributed by atoms with Crippen LogP contribution >= 0.6 is 0 Å². The summed E-state index contributed by atoms with van der Waals surface area (Å²) in [6.07, 6.45) is 6.00.